The Kier molecular flexibility index (Phi) is 14.7. The van der Waals surface area contributed by atoms with E-state index in [-0.39, 0.29) is 6.61 Å². The molecule has 0 aromatic heterocycles. The van der Waals surface area contributed by atoms with Gasteiger partial charge in [-0.3, -0.25) is 4.79 Å². The van der Waals surface area contributed by atoms with Crippen molar-refractivity contribution in [2.45, 2.75) is 103 Å². The Balaban J connectivity index is 1.98. The summed E-state index contributed by atoms with van der Waals surface area (Å²) < 4.78 is 0. The van der Waals surface area contributed by atoms with Gasteiger partial charge in [-0.2, -0.15) is 0 Å². The molecule has 3 heteroatoms. The molecule has 0 unspecified atom stereocenters. The zero-order valence-electron chi connectivity index (χ0n) is 17.5. The first-order valence-electron chi connectivity index (χ1n) is 11.2. The predicted octanol–water partition coefficient (Wildman–Crippen LogP) is 6.62. The third-order valence-corrected chi connectivity index (χ3v) is 5.35. The smallest absolute Gasteiger partial charge is 0.214 e. The molecular formula is C24H41NO2. The molecule has 0 saturated heterocycles. The molecule has 1 amide bonds. The quantitative estimate of drug-likeness (QED) is 0.231. The van der Waals surface area contributed by atoms with Gasteiger partial charge in [0.25, 0.3) is 0 Å². The highest BCUT2D eigenvalue weighted by Gasteiger charge is 2.08. The fourth-order valence-electron chi connectivity index (χ4n) is 3.63. The van der Waals surface area contributed by atoms with Crippen LogP contribution in [0.1, 0.15) is 102 Å². The molecule has 0 aliphatic heterocycles. The molecule has 3 nitrogen and oxygen atoms in total. The highest BCUT2D eigenvalue weighted by molar-refractivity contribution is 5.76. The van der Waals surface area contributed by atoms with E-state index in [0.29, 0.717) is 0 Å². The normalized spacial score (nSPS) is 10.9. The Hall–Kier alpha value is -1.35. The summed E-state index contributed by atoms with van der Waals surface area (Å²) in [6.45, 7) is 2.98. The summed E-state index contributed by atoms with van der Waals surface area (Å²) in [5, 5.41) is 9.41. The number of benzene rings is 1. The Bertz CT molecular complexity index is 475. The van der Waals surface area contributed by atoms with Crippen LogP contribution in [-0.2, 0) is 11.4 Å². The Morgan fingerprint density at radius 3 is 1.74 bits per heavy atom. The number of hydrogen-bond donors (Lipinski definition) is 1. The van der Waals surface area contributed by atoms with Crippen LogP contribution in [0.4, 0.5) is 5.69 Å². The Morgan fingerprint density at radius 2 is 1.26 bits per heavy atom. The van der Waals surface area contributed by atoms with Crippen molar-refractivity contribution in [3.63, 3.8) is 0 Å². The molecule has 0 aliphatic carbocycles. The van der Waals surface area contributed by atoms with Gasteiger partial charge in [-0.05, 0) is 12.5 Å². The number of para-hydroxylation sites is 1. The first kappa shape index (κ1) is 23.7. The molecule has 0 fully saturated rings. The number of amides is 1. The lowest BCUT2D eigenvalue weighted by Crippen LogP contribution is -2.23. The summed E-state index contributed by atoms with van der Waals surface area (Å²) in [7, 11) is 0. The molecular weight excluding hydrogens is 334 g/mol. The number of aliphatic hydroxyl groups excluding tert-OH is 1. The van der Waals surface area contributed by atoms with Crippen LogP contribution in [-0.4, -0.2) is 18.1 Å². The molecule has 1 N–H and O–H groups in total. The van der Waals surface area contributed by atoms with Gasteiger partial charge in [0.15, 0.2) is 0 Å². The monoisotopic (exact) mass is 375 g/mol. The number of carbonyl (C=O) groups is 1. The van der Waals surface area contributed by atoms with Crippen LogP contribution in [0.3, 0.4) is 0 Å². The standard InChI is InChI=1S/C24H41NO2/c1-2-3-4-5-6-7-8-9-10-11-12-13-14-17-20-25(22-27)24-19-16-15-18-23(24)21-26/h15-16,18-19,22,26H,2-14,17,20-21H2,1H3. The number of nitrogens with zero attached hydrogens (tertiary/aromatic N) is 1. The first-order chi connectivity index (χ1) is 13.3. The fourth-order valence-corrected chi connectivity index (χ4v) is 3.63. The molecule has 154 valence electrons. The Morgan fingerprint density at radius 1 is 0.778 bits per heavy atom. The zero-order chi connectivity index (χ0) is 19.6. The van der Waals surface area contributed by atoms with Crippen molar-refractivity contribution >= 4 is 12.1 Å². The number of hydrogen-bond acceptors (Lipinski definition) is 2. The largest absolute Gasteiger partial charge is 0.392 e. The summed E-state index contributed by atoms with van der Waals surface area (Å²) >= 11 is 0. The molecule has 1 rings (SSSR count). The molecule has 0 atom stereocenters. The van der Waals surface area contributed by atoms with Gasteiger partial charge in [-0.1, -0.05) is 109 Å². The SMILES string of the molecule is CCCCCCCCCCCCCCCCN(C=O)c1ccccc1CO. The van der Waals surface area contributed by atoms with E-state index in [1.54, 1.807) is 4.90 Å². The van der Waals surface area contributed by atoms with Gasteiger partial charge in [0.1, 0.15) is 0 Å². The second-order valence-corrected chi connectivity index (χ2v) is 7.68. The van der Waals surface area contributed by atoms with Crippen molar-refractivity contribution in [1.29, 1.82) is 0 Å². The van der Waals surface area contributed by atoms with Crippen molar-refractivity contribution < 1.29 is 9.90 Å². The van der Waals surface area contributed by atoms with Gasteiger partial charge < -0.3 is 10.0 Å². The van der Waals surface area contributed by atoms with E-state index in [1.165, 1.54) is 83.5 Å². The summed E-state index contributed by atoms with van der Waals surface area (Å²) in [5.74, 6) is 0. The minimum atomic E-state index is -0.0285. The third-order valence-electron chi connectivity index (χ3n) is 5.35. The van der Waals surface area contributed by atoms with Crippen LogP contribution in [0.5, 0.6) is 0 Å². The van der Waals surface area contributed by atoms with E-state index in [9.17, 15) is 9.90 Å². The summed E-state index contributed by atoms with van der Waals surface area (Å²) in [6.07, 6.45) is 19.6. The topological polar surface area (TPSA) is 40.5 Å². The number of unbranched alkanes of at least 4 members (excludes halogenated alkanes) is 13. The summed E-state index contributed by atoms with van der Waals surface area (Å²) in [6, 6.07) is 7.58. The molecule has 1 aromatic rings. The Labute approximate surface area is 167 Å². The van der Waals surface area contributed by atoms with E-state index < -0.39 is 0 Å². The number of carbonyl (C=O) groups excluding carboxylic acids is 1. The van der Waals surface area contributed by atoms with E-state index in [2.05, 4.69) is 6.92 Å². The van der Waals surface area contributed by atoms with Crippen LogP contribution in [0.25, 0.3) is 0 Å². The predicted molar refractivity (Wildman–Crippen MR) is 116 cm³/mol. The van der Waals surface area contributed by atoms with E-state index in [1.807, 2.05) is 24.3 Å². The average Bonchev–Trinajstić information content (AvgIpc) is 2.71. The molecule has 1 aromatic carbocycles. The van der Waals surface area contributed by atoms with Crippen molar-refractivity contribution in [2.24, 2.45) is 0 Å². The van der Waals surface area contributed by atoms with Crippen LogP contribution in [0.2, 0.25) is 0 Å². The highest BCUT2D eigenvalue weighted by Crippen LogP contribution is 2.20. The van der Waals surface area contributed by atoms with Crippen LogP contribution >= 0.6 is 0 Å². The summed E-state index contributed by atoms with van der Waals surface area (Å²) in [4.78, 5) is 13.1. The van der Waals surface area contributed by atoms with Crippen molar-refractivity contribution in [3.05, 3.63) is 29.8 Å². The van der Waals surface area contributed by atoms with E-state index in [4.69, 9.17) is 0 Å². The van der Waals surface area contributed by atoms with Gasteiger partial charge in [0, 0.05) is 17.8 Å². The van der Waals surface area contributed by atoms with Gasteiger partial charge in [-0.15, -0.1) is 0 Å². The highest BCUT2D eigenvalue weighted by atomic mass is 16.3. The molecule has 0 radical (unpaired) electrons. The molecule has 0 bridgehead atoms. The number of aliphatic hydroxyl groups is 1. The number of rotatable bonds is 18. The first-order valence-corrected chi connectivity index (χ1v) is 11.2. The maximum atomic E-state index is 11.4. The molecule has 27 heavy (non-hydrogen) atoms. The zero-order valence-corrected chi connectivity index (χ0v) is 17.5. The molecule has 0 saturated carbocycles. The number of anilines is 1. The average molecular weight is 376 g/mol. The van der Waals surface area contributed by atoms with Crippen LogP contribution in [0.15, 0.2) is 24.3 Å². The minimum Gasteiger partial charge on any atom is -0.392 e. The van der Waals surface area contributed by atoms with Crippen molar-refractivity contribution in [1.82, 2.24) is 0 Å². The fraction of sp³-hybridized carbons (Fsp3) is 0.708. The lowest BCUT2D eigenvalue weighted by atomic mass is 10.0. The van der Waals surface area contributed by atoms with E-state index >= 15 is 0 Å². The van der Waals surface area contributed by atoms with Crippen LogP contribution in [0, 0.1) is 0 Å². The maximum Gasteiger partial charge on any atom is 0.214 e. The van der Waals surface area contributed by atoms with Gasteiger partial charge >= 0.3 is 0 Å². The molecule has 0 heterocycles. The lowest BCUT2D eigenvalue weighted by molar-refractivity contribution is -0.107. The van der Waals surface area contributed by atoms with Crippen molar-refractivity contribution in [2.75, 3.05) is 11.4 Å². The van der Waals surface area contributed by atoms with Gasteiger partial charge in [-0.25, -0.2) is 0 Å². The third kappa shape index (κ3) is 11.2. The molecule has 0 spiro atoms. The van der Waals surface area contributed by atoms with Crippen LogP contribution < -0.4 is 4.90 Å². The minimum absolute atomic E-state index is 0.0285. The lowest BCUT2D eigenvalue weighted by Gasteiger charge is -2.20. The second-order valence-electron chi connectivity index (χ2n) is 7.68. The van der Waals surface area contributed by atoms with Crippen molar-refractivity contribution in [3.8, 4) is 0 Å². The maximum absolute atomic E-state index is 11.4. The second kappa shape index (κ2) is 16.8. The van der Waals surface area contributed by atoms with Gasteiger partial charge in [0.05, 0.1) is 6.61 Å². The molecule has 0 aliphatic rings. The van der Waals surface area contributed by atoms with E-state index in [0.717, 1.165) is 30.6 Å². The van der Waals surface area contributed by atoms with Gasteiger partial charge in [0.2, 0.25) is 6.41 Å². The summed E-state index contributed by atoms with van der Waals surface area (Å²) in [5.41, 5.74) is 1.65.